The van der Waals surface area contributed by atoms with Crippen LogP contribution in [-0.4, -0.2) is 50.3 Å². The van der Waals surface area contributed by atoms with Crippen molar-refractivity contribution < 1.29 is 42.9 Å². The highest BCUT2D eigenvalue weighted by Gasteiger charge is 2.35. The first kappa shape index (κ1) is 36.0. The third-order valence-electron chi connectivity index (χ3n) is 7.37. The Labute approximate surface area is 275 Å². The molecule has 15 nitrogen and oxygen atoms in total. The summed E-state index contributed by atoms with van der Waals surface area (Å²) >= 11 is 0. The number of benzene rings is 3. The second kappa shape index (κ2) is 17.3. The van der Waals surface area contributed by atoms with Gasteiger partial charge in [-0.15, -0.1) is 5.26 Å². The first-order valence-electron chi connectivity index (χ1n) is 14.4. The highest BCUT2D eigenvalue weighted by atomic mass is 16.6. The standard InChI is InChI=1S/C33H32N6O9/c1-5-33(15-45-30(42)37-26-11-6-9-24(21(26)2)35-19-40,16-46-31(43)38-27-12-7-10-25(22(27)3)36-20-41)17-47-32(44)39-28-13-8-14-29(23(28)4)48-18-34/h6-14H,5,15-17H2,1-4H3,(H,37,42)(H,38,43)(H,39,44). The zero-order valence-electron chi connectivity index (χ0n) is 26.5. The van der Waals surface area contributed by atoms with Crippen LogP contribution in [0.25, 0.3) is 0 Å². The van der Waals surface area contributed by atoms with Crippen molar-refractivity contribution in [3.8, 4) is 12.0 Å². The van der Waals surface area contributed by atoms with Crippen molar-refractivity contribution in [2.75, 3.05) is 35.8 Å². The van der Waals surface area contributed by atoms with Gasteiger partial charge in [0.2, 0.25) is 12.2 Å². The lowest BCUT2D eigenvalue weighted by atomic mass is 9.88. The van der Waals surface area contributed by atoms with Gasteiger partial charge in [-0.2, -0.15) is 9.98 Å². The fourth-order valence-corrected chi connectivity index (χ4v) is 4.29. The van der Waals surface area contributed by atoms with Gasteiger partial charge in [-0.3, -0.25) is 16.0 Å². The topological polar surface area (TPSA) is 207 Å². The molecule has 3 aromatic carbocycles. The van der Waals surface area contributed by atoms with E-state index in [1.54, 1.807) is 88.5 Å². The SMILES string of the molecule is CCC(COC(=O)Nc1cccc(N=C=O)c1C)(COC(=O)Nc1cccc(N=C=O)c1C)COC(=O)Nc1cccc(OC#N)c1C. The Morgan fingerprint density at radius 1 is 0.688 bits per heavy atom. The van der Waals surface area contributed by atoms with Gasteiger partial charge in [0.15, 0.2) is 0 Å². The molecular weight excluding hydrogens is 624 g/mol. The molecule has 0 spiro atoms. The third-order valence-corrected chi connectivity index (χ3v) is 7.37. The minimum absolute atomic E-state index is 0.219. The molecule has 248 valence electrons. The number of rotatable bonds is 13. The maximum Gasteiger partial charge on any atom is 0.411 e. The number of carbonyl (C=O) groups is 3. The van der Waals surface area contributed by atoms with Crippen molar-refractivity contribution >= 4 is 58.9 Å². The van der Waals surface area contributed by atoms with E-state index in [4.69, 9.17) is 24.2 Å². The predicted octanol–water partition coefficient (Wildman–Crippen LogP) is 6.85. The molecule has 0 aliphatic heterocycles. The maximum atomic E-state index is 12.8. The van der Waals surface area contributed by atoms with E-state index in [9.17, 15) is 24.0 Å². The van der Waals surface area contributed by atoms with Gasteiger partial charge in [-0.1, -0.05) is 25.1 Å². The van der Waals surface area contributed by atoms with Crippen LogP contribution in [0.5, 0.6) is 5.75 Å². The minimum Gasteiger partial charge on any atom is -0.448 e. The Kier molecular flexibility index (Phi) is 13.0. The summed E-state index contributed by atoms with van der Waals surface area (Å²) in [5.41, 5.74) is 1.87. The monoisotopic (exact) mass is 656 g/mol. The minimum atomic E-state index is -1.22. The summed E-state index contributed by atoms with van der Waals surface area (Å²) < 4.78 is 21.4. The predicted molar refractivity (Wildman–Crippen MR) is 173 cm³/mol. The average Bonchev–Trinajstić information content (AvgIpc) is 3.07. The number of nitrogens with one attached hydrogen (secondary N) is 3. The highest BCUT2D eigenvalue weighted by Crippen LogP contribution is 2.30. The number of isocyanates is 2. The van der Waals surface area contributed by atoms with Gasteiger partial charge in [0.25, 0.3) is 6.26 Å². The van der Waals surface area contributed by atoms with Crippen LogP contribution in [0.1, 0.15) is 30.0 Å². The van der Waals surface area contributed by atoms with Crippen LogP contribution in [0.3, 0.4) is 0 Å². The van der Waals surface area contributed by atoms with E-state index in [0.717, 1.165) is 0 Å². The number of aliphatic imine (C=N–C) groups is 2. The smallest absolute Gasteiger partial charge is 0.411 e. The summed E-state index contributed by atoms with van der Waals surface area (Å²) in [7, 11) is 0. The fraction of sp³-hybridized carbons (Fsp3) is 0.273. The Morgan fingerprint density at radius 2 is 1.08 bits per heavy atom. The molecule has 0 bridgehead atoms. The highest BCUT2D eigenvalue weighted by molar-refractivity contribution is 5.88. The Morgan fingerprint density at radius 3 is 1.46 bits per heavy atom. The Hall–Kier alpha value is -6.48. The Bertz CT molecular complexity index is 1720. The molecule has 0 heterocycles. The lowest BCUT2D eigenvalue weighted by molar-refractivity contribution is -0.0104. The summed E-state index contributed by atoms with van der Waals surface area (Å²) in [6, 6.07) is 14.2. The van der Waals surface area contributed by atoms with Crippen molar-refractivity contribution in [3.05, 3.63) is 71.3 Å². The van der Waals surface area contributed by atoms with Crippen molar-refractivity contribution in [2.24, 2.45) is 15.4 Å². The number of hydrogen-bond donors (Lipinski definition) is 3. The molecule has 0 fully saturated rings. The summed E-state index contributed by atoms with van der Waals surface area (Å²) in [5.74, 6) is 0.245. The number of ether oxygens (including phenoxy) is 4. The molecule has 0 atom stereocenters. The molecule has 48 heavy (non-hydrogen) atoms. The van der Waals surface area contributed by atoms with E-state index < -0.39 is 23.7 Å². The van der Waals surface area contributed by atoms with Crippen molar-refractivity contribution in [2.45, 2.75) is 34.1 Å². The second-order valence-electron chi connectivity index (χ2n) is 10.4. The molecule has 3 N–H and O–H groups in total. The van der Waals surface area contributed by atoms with Crippen LogP contribution < -0.4 is 20.7 Å². The largest absolute Gasteiger partial charge is 0.448 e. The quantitative estimate of drug-likeness (QED) is 0.0754. The number of anilines is 3. The number of nitrogens with zero attached hydrogens (tertiary/aromatic N) is 3. The first-order valence-corrected chi connectivity index (χ1v) is 14.4. The summed E-state index contributed by atoms with van der Waals surface area (Å²) in [5, 5.41) is 16.6. The van der Waals surface area contributed by atoms with Gasteiger partial charge < -0.3 is 18.9 Å². The molecule has 0 aliphatic rings. The number of hydrogen-bond acceptors (Lipinski definition) is 12. The van der Waals surface area contributed by atoms with Gasteiger partial charge >= 0.3 is 18.3 Å². The normalized spacial score (nSPS) is 11.2. The summed E-state index contributed by atoms with van der Waals surface area (Å²) in [6.45, 7) is 5.60. The molecule has 0 saturated heterocycles. The molecule has 3 aromatic rings. The number of carbonyl (C=O) groups excluding carboxylic acids is 5. The van der Waals surface area contributed by atoms with Gasteiger partial charge in [0, 0.05) is 16.9 Å². The van der Waals surface area contributed by atoms with Crippen molar-refractivity contribution in [1.82, 2.24) is 0 Å². The lowest BCUT2D eigenvalue weighted by Crippen LogP contribution is -2.40. The number of amides is 3. The van der Waals surface area contributed by atoms with E-state index in [1.807, 2.05) is 0 Å². The molecule has 3 rings (SSSR count). The molecular formula is C33H32N6O9. The first-order chi connectivity index (χ1) is 23.1. The van der Waals surface area contributed by atoms with Crippen LogP contribution in [-0.2, 0) is 23.8 Å². The molecule has 15 heteroatoms. The van der Waals surface area contributed by atoms with Crippen LogP contribution in [0.15, 0.2) is 64.6 Å². The van der Waals surface area contributed by atoms with Crippen molar-refractivity contribution in [1.29, 1.82) is 5.26 Å². The van der Waals surface area contributed by atoms with E-state index in [1.165, 1.54) is 12.2 Å². The van der Waals surface area contributed by atoms with Crippen molar-refractivity contribution in [3.63, 3.8) is 0 Å². The van der Waals surface area contributed by atoms with Crippen LogP contribution in [0.2, 0.25) is 0 Å². The lowest BCUT2D eigenvalue weighted by Gasteiger charge is -2.31. The summed E-state index contributed by atoms with van der Waals surface area (Å²) in [6.07, 6.45) is 2.10. The molecule has 0 aliphatic carbocycles. The number of nitriles is 1. The molecule has 0 saturated carbocycles. The van der Waals surface area contributed by atoms with Gasteiger partial charge in [0.05, 0.1) is 22.5 Å². The second-order valence-corrected chi connectivity index (χ2v) is 10.4. The van der Waals surface area contributed by atoms with Crippen LogP contribution in [0.4, 0.5) is 42.8 Å². The zero-order chi connectivity index (χ0) is 35.1. The van der Waals surface area contributed by atoms with Gasteiger partial charge in [-0.05, 0) is 74.7 Å². The van der Waals surface area contributed by atoms with Gasteiger partial charge in [0.1, 0.15) is 25.6 Å². The zero-order valence-corrected chi connectivity index (χ0v) is 26.5. The average molecular weight is 657 g/mol. The van der Waals surface area contributed by atoms with Crippen LogP contribution >= 0.6 is 0 Å². The van der Waals surface area contributed by atoms with Crippen LogP contribution in [0, 0.1) is 37.7 Å². The summed E-state index contributed by atoms with van der Waals surface area (Å²) in [4.78, 5) is 67.2. The van der Waals surface area contributed by atoms with E-state index in [0.29, 0.717) is 45.1 Å². The Balaban J connectivity index is 1.76. The van der Waals surface area contributed by atoms with Gasteiger partial charge in [-0.25, -0.2) is 24.0 Å². The molecule has 0 unspecified atom stereocenters. The van der Waals surface area contributed by atoms with E-state index in [2.05, 4.69) is 25.9 Å². The maximum absolute atomic E-state index is 12.8. The molecule has 0 radical (unpaired) electrons. The molecule has 0 aromatic heterocycles. The van der Waals surface area contributed by atoms with E-state index in [-0.39, 0.29) is 32.0 Å². The van der Waals surface area contributed by atoms with E-state index >= 15 is 0 Å². The fourth-order valence-electron chi connectivity index (χ4n) is 4.29. The third kappa shape index (κ3) is 9.76. The molecule has 3 amide bonds.